The molecule has 0 spiro atoms. The van der Waals surface area contributed by atoms with Crippen molar-refractivity contribution in [3.8, 4) is 0 Å². The van der Waals surface area contributed by atoms with Gasteiger partial charge in [-0.05, 0) is 20.3 Å². The molecule has 1 saturated heterocycles. The Morgan fingerprint density at radius 2 is 1.89 bits per heavy atom. The van der Waals surface area contributed by atoms with Crippen LogP contribution in [0.15, 0.2) is 23.3 Å². The van der Waals surface area contributed by atoms with Gasteiger partial charge in [0.25, 0.3) is 11.8 Å². The number of hydrogen-bond donors (Lipinski definition) is 1. The molecule has 0 aromatic rings. The van der Waals surface area contributed by atoms with Crippen LogP contribution in [0.5, 0.6) is 0 Å². The predicted octanol–water partition coefficient (Wildman–Crippen LogP) is 0.0530. The van der Waals surface area contributed by atoms with E-state index in [2.05, 4.69) is 5.32 Å². The quantitative estimate of drug-likeness (QED) is 0.713. The highest BCUT2D eigenvalue weighted by Crippen LogP contribution is 2.26. The van der Waals surface area contributed by atoms with E-state index in [-0.39, 0.29) is 18.7 Å². The van der Waals surface area contributed by atoms with E-state index in [0.29, 0.717) is 11.1 Å². The molecule has 2 rings (SSSR count). The second kappa shape index (κ2) is 4.79. The maximum atomic E-state index is 12.2. The maximum Gasteiger partial charge on any atom is 0.261 e. The van der Waals surface area contributed by atoms with Crippen molar-refractivity contribution in [2.75, 3.05) is 0 Å². The molecule has 100 valence electrons. The van der Waals surface area contributed by atoms with Crippen molar-refractivity contribution in [2.24, 2.45) is 0 Å². The van der Waals surface area contributed by atoms with Gasteiger partial charge in [-0.1, -0.05) is 12.2 Å². The molecule has 2 aliphatic heterocycles. The van der Waals surface area contributed by atoms with Gasteiger partial charge in [0.1, 0.15) is 6.04 Å². The van der Waals surface area contributed by atoms with Crippen molar-refractivity contribution in [3.05, 3.63) is 23.3 Å². The molecule has 0 aliphatic carbocycles. The molecule has 1 unspecified atom stereocenters. The SMILES string of the molecule is C/C=C\C1=C(C)C(=O)N(C2CCC(=O)NC2=O)C1=O. The minimum Gasteiger partial charge on any atom is -0.295 e. The Morgan fingerprint density at radius 3 is 2.47 bits per heavy atom. The smallest absolute Gasteiger partial charge is 0.261 e. The van der Waals surface area contributed by atoms with E-state index >= 15 is 0 Å². The summed E-state index contributed by atoms with van der Waals surface area (Å²) in [6.07, 6.45) is 3.53. The number of imide groups is 2. The van der Waals surface area contributed by atoms with Crippen LogP contribution in [0.2, 0.25) is 0 Å². The molecular weight excluding hydrogens is 248 g/mol. The first kappa shape index (κ1) is 13.2. The van der Waals surface area contributed by atoms with Gasteiger partial charge in [-0.25, -0.2) is 0 Å². The molecule has 19 heavy (non-hydrogen) atoms. The lowest BCUT2D eigenvalue weighted by Gasteiger charge is -2.28. The first-order chi connectivity index (χ1) is 8.97. The molecule has 1 fully saturated rings. The second-order valence-electron chi connectivity index (χ2n) is 4.49. The number of nitrogens with zero attached hydrogens (tertiary/aromatic N) is 1. The number of amides is 4. The van der Waals surface area contributed by atoms with Gasteiger partial charge in [0.15, 0.2) is 0 Å². The summed E-state index contributed by atoms with van der Waals surface area (Å²) in [5.41, 5.74) is 0.630. The summed E-state index contributed by atoms with van der Waals surface area (Å²) in [5, 5.41) is 2.15. The Bertz CT molecular complexity index is 545. The van der Waals surface area contributed by atoms with Crippen LogP contribution in [0.3, 0.4) is 0 Å². The van der Waals surface area contributed by atoms with E-state index in [9.17, 15) is 19.2 Å². The van der Waals surface area contributed by atoms with Crippen LogP contribution in [0.1, 0.15) is 26.7 Å². The fraction of sp³-hybridized carbons (Fsp3) is 0.385. The highest BCUT2D eigenvalue weighted by Gasteiger charge is 2.43. The lowest BCUT2D eigenvalue weighted by Crippen LogP contribution is -2.54. The first-order valence-electron chi connectivity index (χ1n) is 6.02. The van der Waals surface area contributed by atoms with Crippen molar-refractivity contribution >= 4 is 23.6 Å². The van der Waals surface area contributed by atoms with Crippen LogP contribution in [-0.2, 0) is 19.2 Å². The van der Waals surface area contributed by atoms with Gasteiger partial charge in [-0.3, -0.25) is 29.4 Å². The lowest BCUT2D eigenvalue weighted by atomic mass is 10.0. The third-order valence-electron chi connectivity index (χ3n) is 3.25. The fourth-order valence-electron chi connectivity index (χ4n) is 2.25. The Labute approximate surface area is 110 Å². The molecule has 0 aromatic heterocycles. The van der Waals surface area contributed by atoms with Crippen LogP contribution in [-0.4, -0.2) is 34.6 Å². The molecule has 2 heterocycles. The van der Waals surface area contributed by atoms with E-state index in [1.165, 1.54) is 0 Å². The standard InChI is InChI=1S/C13H14N2O4/c1-3-4-8-7(2)12(18)15(13(8)19)9-5-6-10(16)14-11(9)17/h3-4,9H,5-6H2,1-2H3,(H,14,16,17)/b4-3-. The molecule has 6 heteroatoms. The molecule has 6 nitrogen and oxygen atoms in total. The van der Waals surface area contributed by atoms with Crippen LogP contribution >= 0.6 is 0 Å². The molecule has 0 bridgehead atoms. The van der Waals surface area contributed by atoms with Crippen molar-refractivity contribution in [1.82, 2.24) is 10.2 Å². The van der Waals surface area contributed by atoms with E-state index < -0.39 is 23.8 Å². The number of hydrogen-bond acceptors (Lipinski definition) is 4. The van der Waals surface area contributed by atoms with E-state index in [0.717, 1.165) is 4.90 Å². The summed E-state index contributed by atoms with van der Waals surface area (Å²) in [7, 11) is 0. The normalized spacial score (nSPS) is 24.7. The summed E-state index contributed by atoms with van der Waals surface area (Å²) >= 11 is 0. The number of rotatable bonds is 2. The van der Waals surface area contributed by atoms with E-state index in [4.69, 9.17) is 0 Å². The Kier molecular flexibility index (Phi) is 3.33. The Hall–Kier alpha value is -2.24. The number of carbonyl (C=O) groups is 4. The van der Waals surface area contributed by atoms with Crippen molar-refractivity contribution < 1.29 is 19.2 Å². The predicted molar refractivity (Wildman–Crippen MR) is 65.5 cm³/mol. The molecule has 4 amide bonds. The van der Waals surface area contributed by atoms with Gasteiger partial charge in [-0.2, -0.15) is 0 Å². The summed E-state index contributed by atoms with van der Waals surface area (Å²) in [6.45, 7) is 3.30. The van der Waals surface area contributed by atoms with Gasteiger partial charge in [0.05, 0.1) is 0 Å². The third kappa shape index (κ3) is 2.09. The third-order valence-corrected chi connectivity index (χ3v) is 3.25. The lowest BCUT2D eigenvalue weighted by molar-refractivity contribution is -0.150. The molecule has 0 radical (unpaired) electrons. The minimum atomic E-state index is -0.893. The van der Waals surface area contributed by atoms with Crippen molar-refractivity contribution in [3.63, 3.8) is 0 Å². The van der Waals surface area contributed by atoms with Gasteiger partial charge in [0.2, 0.25) is 11.8 Å². The molecular formula is C13H14N2O4. The minimum absolute atomic E-state index is 0.130. The van der Waals surface area contributed by atoms with E-state index in [1.54, 1.807) is 26.0 Å². The second-order valence-corrected chi connectivity index (χ2v) is 4.49. The van der Waals surface area contributed by atoms with Crippen LogP contribution in [0, 0.1) is 0 Å². The van der Waals surface area contributed by atoms with Gasteiger partial charge in [-0.15, -0.1) is 0 Å². The molecule has 0 saturated carbocycles. The van der Waals surface area contributed by atoms with Gasteiger partial charge < -0.3 is 0 Å². The zero-order valence-corrected chi connectivity index (χ0v) is 10.7. The Morgan fingerprint density at radius 1 is 1.21 bits per heavy atom. The summed E-state index contributed by atoms with van der Waals surface area (Å²) in [4.78, 5) is 48.0. The number of carbonyl (C=O) groups excluding carboxylic acids is 4. The van der Waals surface area contributed by atoms with Crippen LogP contribution < -0.4 is 5.32 Å². The molecule has 0 aromatic carbocycles. The number of nitrogens with one attached hydrogen (secondary N) is 1. The molecule has 2 aliphatic rings. The van der Waals surface area contributed by atoms with Crippen molar-refractivity contribution in [2.45, 2.75) is 32.7 Å². The summed E-state index contributed by atoms with van der Waals surface area (Å²) in [6, 6.07) is -0.893. The maximum absolute atomic E-state index is 12.2. The van der Waals surface area contributed by atoms with E-state index in [1.807, 2.05) is 0 Å². The largest absolute Gasteiger partial charge is 0.295 e. The summed E-state index contributed by atoms with van der Waals surface area (Å²) in [5.74, 6) is -1.91. The average Bonchev–Trinajstić information content (AvgIpc) is 2.55. The Balaban J connectivity index is 2.29. The van der Waals surface area contributed by atoms with Crippen molar-refractivity contribution in [1.29, 1.82) is 0 Å². The zero-order chi connectivity index (χ0) is 14.2. The fourth-order valence-corrected chi connectivity index (χ4v) is 2.25. The highest BCUT2D eigenvalue weighted by molar-refractivity contribution is 6.22. The van der Waals surface area contributed by atoms with Crippen LogP contribution in [0.4, 0.5) is 0 Å². The monoisotopic (exact) mass is 262 g/mol. The average molecular weight is 262 g/mol. The first-order valence-corrected chi connectivity index (χ1v) is 6.02. The van der Waals surface area contributed by atoms with Crippen LogP contribution in [0.25, 0.3) is 0 Å². The zero-order valence-electron chi connectivity index (χ0n) is 10.7. The summed E-state index contributed by atoms with van der Waals surface area (Å²) < 4.78 is 0. The number of allylic oxidation sites excluding steroid dienone is 1. The highest BCUT2D eigenvalue weighted by atomic mass is 16.2. The molecule has 1 atom stereocenters. The number of piperidine rings is 1. The van der Waals surface area contributed by atoms with Gasteiger partial charge >= 0.3 is 0 Å². The molecule has 1 N–H and O–H groups in total. The topological polar surface area (TPSA) is 83.6 Å². The van der Waals surface area contributed by atoms with Gasteiger partial charge in [0, 0.05) is 17.6 Å².